The molecule has 0 aliphatic carbocycles. The van der Waals surface area contributed by atoms with Crippen molar-refractivity contribution in [1.29, 1.82) is 0 Å². The van der Waals surface area contributed by atoms with E-state index in [4.69, 9.17) is 16.3 Å². The molecule has 32 heavy (non-hydrogen) atoms. The molecule has 170 valence electrons. The number of ether oxygens (including phenoxy) is 1. The number of benzene rings is 1. The molecule has 1 aliphatic heterocycles. The van der Waals surface area contributed by atoms with Crippen LogP contribution in [0.25, 0.3) is 10.4 Å². The molecule has 0 amide bonds. The molecule has 5 atom stereocenters. The Labute approximate surface area is 192 Å². The van der Waals surface area contributed by atoms with Crippen molar-refractivity contribution in [3.8, 4) is 10.4 Å². The van der Waals surface area contributed by atoms with E-state index in [1.165, 1.54) is 35.7 Å². The van der Waals surface area contributed by atoms with E-state index in [0.717, 1.165) is 15.3 Å². The third kappa shape index (κ3) is 4.30. The standard InChI is InChI=1S/C22H21ClFNO6S/c23-15-4-2-13(22(30)21(29)20(28)19(27)16(10-26)31-22)7-12(15)8-14-3-5-17(32-14)11-1-6-18(24)25-9-11/h1-7,9,16,19-21,26-30H,8,10H2/t16?,19-,20?,21-,22?/m1/s1. The Morgan fingerprint density at radius 3 is 2.56 bits per heavy atom. The highest BCUT2D eigenvalue weighted by Crippen LogP contribution is 2.38. The van der Waals surface area contributed by atoms with Gasteiger partial charge in [0.2, 0.25) is 11.7 Å². The lowest BCUT2D eigenvalue weighted by molar-refractivity contribution is -0.357. The van der Waals surface area contributed by atoms with Crippen molar-refractivity contribution in [3.63, 3.8) is 0 Å². The fraction of sp³-hybridized carbons (Fsp3) is 0.318. The largest absolute Gasteiger partial charge is 0.394 e. The summed E-state index contributed by atoms with van der Waals surface area (Å²) in [5, 5.41) is 51.3. The predicted octanol–water partition coefficient (Wildman–Crippen LogP) is 1.81. The second kappa shape index (κ2) is 9.12. The lowest BCUT2D eigenvalue weighted by Crippen LogP contribution is -2.63. The van der Waals surface area contributed by atoms with E-state index in [-0.39, 0.29) is 5.56 Å². The van der Waals surface area contributed by atoms with Crippen molar-refractivity contribution in [2.75, 3.05) is 6.61 Å². The topological polar surface area (TPSA) is 123 Å². The van der Waals surface area contributed by atoms with E-state index in [2.05, 4.69) is 4.98 Å². The maximum atomic E-state index is 13.1. The summed E-state index contributed by atoms with van der Waals surface area (Å²) in [5.41, 5.74) is 1.52. The van der Waals surface area contributed by atoms with E-state index in [1.54, 1.807) is 12.1 Å². The molecule has 0 bridgehead atoms. The maximum Gasteiger partial charge on any atom is 0.222 e. The SMILES string of the molecule is OCC1OC(O)(c2ccc(Cl)c(Cc3ccc(-c4ccc(F)nc4)s3)c2)[C@H](O)C(O)[C@@H]1O. The number of nitrogens with zero attached hydrogens (tertiary/aromatic N) is 1. The number of hydrogen-bond donors (Lipinski definition) is 5. The first-order chi connectivity index (χ1) is 15.2. The van der Waals surface area contributed by atoms with Gasteiger partial charge in [0.15, 0.2) is 0 Å². The Kier molecular flexibility index (Phi) is 6.62. The zero-order chi connectivity index (χ0) is 23.0. The Bertz CT molecular complexity index is 1090. The van der Waals surface area contributed by atoms with Crippen LogP contribution in [0, 0.1) is 5.95 Å². The van der Waals surface area contributed by atoms with Crippen molar-refractivity contribution < 1.29 is 34.7 Å². The number of rotatable bonds is 5. The minimum Gasteiger partial charge on any atom is -0.394 e. The average Bonchev–Trinajstić information content (AvgIpc) is 3.25. The molecule has 0 spiro atoms. The predicted molar refractivity (Wildman–Crippen MR) is 116 cm³/mol. The van der Waals surface area contributed by atoms with Gasteiger partial charge in [-0.2, -0.15) is 4.39 Å². The first kappa shape index (κ1) is 23.2. The molecule has 5 N–H and O–H groups in total. The number of halogens is 2. The Morgan fingerprint density at radius 1 is 1.09 bits per heavy atom. The van der Waals surface area contributed by atoms with Gasteiger partial charge in [0.05, 0.1) is 6.61 Å². The second-order valence-electron chi connectivity index (χ2n) is 7.58. The summed E-state index contributed by atoms with van der Waals surface area (Å²) in [5.74, 6) is -2.91. The average molecular weight is 482 g/mol. The number of hydrogen-bond acceptors (Lipinski definition) is 8. The van der Waals surface area contributed by atoms with E-state index >= 15 is 0 Å². The van der Waals surface area contributed by atoms with Gasteiger partial charge in [-0.3, -0.25) is 0 Å². The summed E-state index contributed by atoms with van der Waals surface area (Å²) in [6.07, 6.45) is -4.59. The molecule has 7 nitrogen and oxygen atoms in total. The van der Waals surface area contributed by atoms with Crippen molar-refractivity contribution >= 4 is 22.9 Å². The molecule has 1 aliphatic rings. The van der Waals surface area contributed by atoms with Crippen LogP contribution in [0.3, 0.4) is 0 Å². The number of aliphatic hydroxyl groups is 5. The molecule has 2 aromatic heterocycles. The lowest BCUT2D eigenvalue weighted by Gasteiger charge is -2.45. The molecule has 0 saturated carbocycles. The van der Waals surface area contributed by atoms with Crippen LogP contribution in [0.1, 0.15) is 16.0 Å². The molecule has 1 saturated heterocycles. The molecule has 1 fully saturated rings. The normalized spacial score (nSPS) is 28.1. The van der Waals surface area contributed by atoms with Gasteiger partial charge in [-0.05, 0) is 42.0 Å². The van der Waals surface area contributed by atoms with Gasteiger partial charge in [0, 0.05) is 38.5 Å². The van der Waals surface area contributed by atoms with Gasteiger partial charge < -0.3 is 30.3 Å². The first-order valence-electron chi connectivity index (χ1n) is 9.77. The van der Waals surface area contributed by atoms with Gasteiger partial charge in [-0.25, -0.2) is 4.98 Å². The Morgan fingerprint density at radius 2 is 1.88 bits per heavy atom. The third-order valence-corrected chi connectivity index (χ3v) is 6.97. The van der Waals surface area contributed by atoms with Gasteiger partial charge in [0.25, 0.3) is 0 Å². The first-order valence-corrected chi connectivity index (χ1v) is 11.0. The summed E-state index contributed by atoms with van der Waals surface area (Å²) in [6.45, 7) is -0.663. The van der Waals surface area contributed by atoms with Crippen LogP contribution in [-0.4, -0.2) is 61.5 Å². The van der Waals surface area contributed by atoms with Crippen LogP contribution in [0.2, 0.25) is 5.02 Å². The van der Waals surface area contributed by atoms with Crippen LogP contribution in [0.4, 0.5) is 4.39 Å². The Hall–Kier alpha value is -1.95. The molecule has 3 unspecified atom stereocenters. The molecule has 1 aromatic carbocycles. The van der Waals surface area contributed by atoms with E-state index in [1.807, 2.05) is 12.1 Å². The van der Waals surface area contributed by atoms with Gasteiger partial charge in [0.1, 0.15) is 24.4 Å². The quantitative estimate of drug-likeness (QED) is 0.352. The van der Waals surface area contributed by atoms with Crippen LogP contribution in [0.15, 0.2) is 48.7 Å². The molecule has 0 radical (unpaired) electrons. The van der Waals surface area contributed by atoms with Crippen LogP contribution < -0.4 is 0 Å². The van der Waals surface area contributed by atoms with Gasteiger partial charge in [-0.1, -0.05) is 17.7 Å². The minimum atomic E-state index is -2.36. The highest BCUT2D eigenvalue weighted by Gasteiger charge is 2.53. The van der Waals surface area contributed by atoms with E-state index in [0.29, 0.717) is 17.0 Å². The van der Waals surface area contributed by atoms with Crippen molar-refractivity contribution in [2.45, 2.75) is 36.6 Å². The van der Waals surface area contributed by atoms with Crippen molar-refractivity contribution in [1.82, 2.24) is 4.98 Å². The van der Waals surface area contributed by atoms with Crippen LogP contribution in [-0.2, 0) is 16.9 Å². The molecule has 10 heteroatoms. The number of aliphatic hydroxyl groups excluding tert-OH is 4. The summed E-state index contributed by atoms with van der Waals surface area (Å²) in [4.78, 5) is 5.49. The molecule has 3 heterocycles. The molecular weight excluding hydrogens is 461 g/mol. The summed E-state index contributed by atoms with van der Waals surface area (Å²) < 4.78 is 18.5. The number of pyridine rings is 1. The van der Waals surface area contributed by atoms with Crippen LogP contribution in [0.5, 0.6) is 0 Å². The maximum absolute atomic E-state index is 13.1. The molecular formula is C22H21ClFNO6S. The zero-order valence-electron chi connectivity index (χ0n) is 16.6. The van der Waals surface area contributed by atoms with Crippen molar-refractivity contribution in [3.05, 3.63) is 75.6 Å². The number of aromatic nitrogens is 1. The zero-order valence-corrected chi connectivity index (χ0v) is 18.2. The van der Waals surface area contributed by atoms with Crippen LogP contribution >= 0.6 is 22.9 Å². The minimum absolute atomic E-state index is 0.119. The lowest BCUT2D eigenvalue weighted by atomic mass is 9.87. The fourth-order valence-corrected chi connectivity index (χ4v) is 4.87. The van der Waals surface area contributed by atoms with E-state index < -0.39 is 42.8 Å². The number of thiophene rings is 1. The highest BCUT2D eigenvalue weighted by atomic mass is 35.5. The monoisotopic (exact) mass is 481 g/mol. The summed E-state index contributed by atoms with van der Waals surface area (Å²) in [6, 6.07) is 11.2. The summed E-state index contributed by atoms with van der Waals surface area (Å²) >= 11 is 7.83. The van der Waals surface area contributed by atoms with Crippen molar-refractivity contribution in [2.24, 2.45) is 0 Å². The summed E-state index contributed by atoms with van der Waals surface area (Å²) in [7, 11) is 0. The smallest absolute Gasteiger partial charge is 0.222 e. The van der Waals surface area contributed by atoms with Gasteiger partial charge in [-0.15, -0.1) is 11.3 Å². The fourth-order valence-electron chi connectivity index (χ4n) is 3.66. The highest BCUT2D eigenvalue weighted by molar-refractivity contribution is 7.15. The second-order valence-corrected chi connectivity index (χ2v) is 9.16. The molecule has 4 rings (SSSR count). The van der Waals surface area contributed by atoms with Gasteiger partial charge >= 0.3 is 0 Å². The molecule has 3 aromatic rings. The van der Waals surface area contributed by atoms with E-state index in [9.17, 15) is 29.9 Å². The third-order valence-electron chi connectivity index (χ3n) is 5.46. The Balaban J connectivity index is 1.61.